The van der Waals surface area contributed by atoms with Crippen LogP contribution < -0.4 is 0 Å². The van der Waals surface area contributed by atoms with Crippen molar-refractivity contribution in [2.75, 3.05) is 85.3 Å². The Bertz CT molecular complexity index is 1970. The molecule has 0 bridgehead atoms. The van der Waals surface area contributed by atoms with Crippen LogP contribution in [0.5, 0.6) is 0 Å². The number of β-amino-alcohol motifs (C(OH)–C–C–N with tert-alkyl or cyclic N) is 1. The van der Waals surface area contributed by atoms with E-state index in [2.05, 4.69) is 21.9 Å². The third kappa shape index (κ3) is 9.41. The average molecular weight is 872 g/mol. The molecular formula is C42H46Cl2F6N4O5. The van der Waals surface area contributed by atoms with Crippen LogP contribution in [0, 0.1) is 0 Å². The van der Waals surface area contributed by atoms with Crippen molar-refractivity contribution in [3.05, 3.63) is 104 Å². The van der Waals surface area contributed by atoms with E-state index in [-0.39, 0.29) is 66.4 Å². The predicted octanol–water partition coefficient (Wildman–Crippen LogP) is 6.90. The first-order valence-corrected chi connectivity index (χ1v) is 20.5. The molecule has 320 valence electrons. The van der Waals surface area contributed by atoms with Gasteiger partial charge >= 0.3 is 12.4 Å². The van der Waals surface area contributed by atoms with Gasteiger partial charge in [-0.25, -0.2) is 0 Å². The fourth-order valence-corrected chi connectivity index (χ4v) is 9.47. The number of aliphatic hydroxyl groups is 1. The van der Waals surface area contributed by atoms with Crippen LogP contribution >= 0.6 is 23.2 Å². The largest absolute Gasteiger partial charge is 0.416 e. The number of amides is 2. The highest BCUT2D eigenvalue weighted by atomic mass is 35.5. The standard InChI is InChI=1S/C42H46Cl2F6N4O5/c43-34-6-5-30(25-35(34)44)40(27-54(18-20-59-40)38(57)29-21-31(41(45,46)47)24-32(22-29)42(48,49)50)9-12-51-10-7-39(8-11-51)33-4-2-1-3-28(33)23-36(39)58-26-37(56)53-15-13-52(14-16-53)17-19-55/h1-6,21-22,24-25,36,55H,7-20,23,26-27H2/t36-,40-/m0/s1. The number of hydrogen-bond acceptors (Lipinski definition) is 7. The summed E-state index contributed by atoms with van der Waals surface area (Å²) in [6.45, 7) is 4.75. The van der Waals surface area contributed by atoms with Crippen LogP contribution in [0.4, 0.5) is 26.3 Å². The van der Waals surface area contributed by atoms with Gasteiger partial charge in [-0.3, -0.25) is 14.5 Å². The SMILES string of the molecule is O=C(CO[C@H]1Cc2ccccc2C12CCN(CC[C@@]1(c3ccc(Cl)c(Cl)c3)CN(C(=O)c3cc(C(F)(F)F)cc(C(F)(F)F)c3)CCO1)CC2)N1CCN(CCO)CC1. The normalized spacial score (nSPS) is 22.8. The number of alkyl halides is 6. The summed E-state index contributed by atoms with van der Waals surface area (Å²) in [4.78, 5) is 34.6. The Morgan fingerprint density at radius 1 is 0.797 bits per heavy atom. The molecule has 2 atom stereocenters. The van der Waals surface area contributed by atoms with Crippen molar-refractivity contribution < 1.29 is 50.5 Å². The summed E-state index contributed by atoms with van der Waals surface area (Å²) < 4.78 is 95.3. The molecule has 17 heteroatoms. The number of aliphatic hydroxyl groups excluding tert-OH is 1. The molecule has 0 saturated carbocycles. The summed E-state index contributed by atoms with van der Waals surface area (Å²) >= 11 is 12.7. The number of hydrogen-bond donors (Lipinski definition) is 1. The van der Waals surface area contributed by atoms with Gasteiger partial charge in [-0.05, 0) is 85.8 Å². The van der Waals surface area contributed by atoms with Crippen LogP contribution in [0.3, 0.4) is 0 Å². The Balaban J connectivity index is 1.07. The average Bonchev–Trinajstić information content (AvgIpc) is 3.52. The minimum absolute atomic E-state index is 0.000855. The topological polar surface area (TPSA) is 85.8 Å². The highest BCUT2D eigenvalue weighted by molar-refractivity contribution is 6.42. The van der Waals surface area contributed by atoms with E-state index < -0.39 is 40.6 Å². The molecule has 1 spiro atoms. The van der Waals surface area contributed by atoms with E-state index in [0.717, 1.165) is 12.8 Å². The van der Waals surface area contributed by atoms with Crippen LogP contribution in [0.15, 0.2) is 60.7 Å². The third-order valence-electron chi connectivity index (χ3n) is 12.5. The molecule has 4 aliphatic rings. The number of halogens is 8. The maximum Gasteiger partial charge on any atom is 0.416 e. The summed E-state index contributed by atoms with van der Waals surface area (Å²) in [5, 5.41) is 9.76. The summed E-state index contributed by atoms with van der Waals surface area (Å²) in [5.74, 6) is -1.04. The molecule has 7 rings (SSSR count). The van der Waals surface area contributed by atoms with E-state index in [9.17, 15) is 41.0 Å². The molecule has 0 radical (unpaired) electrons. The third-order valence-corrected chi connectivity index (χ3v) is 13.2. The molecular weight excluding hydrogens is 825 g/mol. The highest BCUT2D eigenvalue weighted by Gasteiger charge is 2.50. The number of piperazine rings is 1. The number of nitrogens with zero attached hydrogens (tertiary/aromatic N) is 4. The Morgan fingerprint density at radius 3 is 2.10 bits per heavy atom. The van der Waals surface area contributed by atoms with Crippen LogP contribution in [0.1, 0.15) is 57.4 Å². The number of fused-ring (bicyclic) bond motifs is 2. The van der Waals surface area contributed by atoms with Gasteiger partial charge in [-0.1, -0.05) is 53.5 Å². The van der Waals surface area contributed by atoms with Gasteiger partial charge < -0.3 is 29.3 Å². The van der Waals surface area contributed by atoms with Gasteiger partial charge in [0.05, 0.1) is 47.0 Å². The molecule has 3 aliphatic heterocycles. The van der Waals surface area contributed by atoms with Crippen molar-refractivity contribution in [2.24, 2.45) is 0 Å². The second-order valence-corrected chi connectivity index (χ2v) is 16.7. The second kappa shape index (κ2) is 17.5. The zero-order valence-corrected chi connectivity index (χ0v) is 33.8. The van der Waals surface area contributed by atoms with E-state index in [1.807, 2.05) is 17.0 Å². The summed E-state index contributed by atoms with van der Waals surface area (Å²) in [6.07, 6.45) is -7.95. The number of ether oxygens (including phenoxy) is 2. The number of benzene rings is 3. The molecule has 2 amide bonds. The quantitative estimate of drug-likeness (QED) is 0.222. The predicted molar refractivity (Wildman–Crippen MR) is 208 cm³/mol. The lowest BCUT2D eigenvalue weighted by Crippen LogP contribution is -2.54. The van der Waals surface area contributed by atoms with E-state index in [1.54, 1.807) is 18.2 Å². The Hall–Kier alpha value is -3.44. The maximum atomic E-state index is 13.8. The number of piperidine rings is 1. The Kier molecular flexibility index (Phi) is 12.9. The zero-order valence-electron chi connectivity index (χ0n) is 32.3. The van der Waals surface area contributed by atoms with Gasteiger partial charge in [-0.2, -0.15) is 26.3 Å². The number of morpholine rings is 1. The lowest BCUT2D eigenvalue weighted by atomic mass is 9.72. The molecule has 1 aliphatic carbocycles. The fraction of sp³-hybridized carbons (Fsp3) is 0.524. The first-order valence-electron chi connectivity index (χ1n) is 19.7. The summed E-state index contributed by atoms with van der Waals surface area (Å²) in [5.41, 5.74) is -2.43. The van der Waals surface area contributed by atoms with Gasteiger partial charge in [0, 0.05) is 56.8 Å². The molecule has 3 saturated heterocycles. The number of likely N-dealkylation sites (tertiary alicyclic amines) is 1. The molecule has 0 aromatic heterocycles. The molecule has 3 fully saturated rings. The minimum atomic E-state index is -5.11. The smallest absolute Gasteiger partial charge is 0.395 e. The molecule has 9 nitrogen and oxygen atoms in total. The molecule has 59 heavy (non-hydrogen) atoms. The molecule has 3 aromatic carbocycles. The number of carbonyl (C=O) groups excluding carboxylic acids is 2. The lowest BCUT2D eigenvalue weighted by molar-refractivity contribution is -0.143. The van der Waals surface area contributed by atoms with Gasteiger partial charge in [0.1, 0.15) is 12.2 Å². The van der Waals surface area contributed by atoms with Gasteiger partial charge in [0.25, 0.3) is 5.91 Å². The first kappa shape index (κ1) is 43.6. The zero-order chi connectivity index (χ0) is 42.2. The monoisotopic (exact) mass is 870 g/mol. The van der Waals surface area contributed by atoms with E-state index in [0.29, 0.717) is 82.9 Å². The van der Waals surface area contributed by atoms with Crippen molar-refractivity contribution in [3.63, 3.8) is 0 Å². The second-order valence-electron chi connectivity index (χ2n) is 15.8. The first-order chi connectivity index (χ1) is 28.0. The Morgan fingerprint density at radius 2 is 1.46 bits per heavy atom. The fourth-order valence-electron chi connectivity index (χ4n) is 9.17. The van der Waals surface area contributed by atoms with Crippen LogP contribution in [0.25, 0.3) is 0 Å². The minimum Gasteiger partial charge on any atom is -0.395 e. The van der Waals surface area contributed by atoms with Crippen molar-refractivity contribution in [2.45, 2.75) is 55.2 Å². The molecule has 3 aromatic rings. The molecule has 0 unspecified atom stereocenters. The van der Waals surface area contributed by atoms with E-state index in [4.69, 9.17) is 32.7 Å². The van der Waals surface area contributed by atoms with Crippen molar-refractivity contribution >= 4 is 35.0 Å². The van der Waals surface area contributed by atoms with Crippen molar-refractivity contribution in [1.82, 2.24) is 19.6 Å². The highest BCUT2D eigenvalue weighted by Crippen LogP contribution is 2.48. The van der Waals surface area contributed by atoms with Crippen LogP contribution in [-0.2, 0) is 44.1 Å². The van der Waals surface area contributed by atoms with Crippen molar-refractivity contribution in [1.29, 1.82) is 0 Å². The molecule has 3 heterocycles. The number of carbonyl (C=O) groups is 2. The summed E-state index contributed by atoms with van der Waals surface area (Å²) in [7, 11) is 0. The van der Waals surface area contributed by atoms with Crippen LogP contribution in [-0.4, -0.2) is 128 Å². The van der Waals surface area contributed by atoms with Gasteiger partial charge in [-0.15, -0.1) is 0 Å². The van der Waals surface area contributed by atoms with Gasteiger partial charge in [0.2, 0.25) is 5.91 Å². The van der Waals surface area contributed by atoms with Gasteiger partial charge in [0.15, 0.2) is 0 Å². The maximum absolute atomic E-state index is 13.8. The Labute approximate surface area is 348 Å². The number of rotatable bonds is 10. The summed E-state index contributed by atoms with van der Waals surface area (Å²) in [6, 6.07) is 14.1. The van der Waals surface area contributed by atoms with E-state index >= 15 is 0 Å². The van der Waals surface area contributed by atoms with Crippen molar-refractivity contribution in [3.8, 4) is 0 Å². The molecule has 1 N–H and O–H groups in total. The van der Waals surface area contributed by atoms with E-state index in [1.165, 1.54) is 16.0 Å². The van der Waals surface area contributed by atoms with Crippen LogP contribution in [0.2, 0.25) is 10.0 Å². The lowest BCUT2D eigenvalue weighted by Gasteiger charge is -2.46.